The van der Waals surface area contributed by atoms with E-state index < -0.39 is 48.7 Å². The van der Waals surface area contributed by atoms with E-state index in [1.54, 1.807) is 0 Å². The Morgan fingerprint density at radius 2 is 2.15 bits per heavy atom. The Bertz CT molecular complexity index is 597. The number of primary amides is 1. The summed E-state index contributed by atoms with van der Waals surface area (Å²) in [5, 5.41) is 12.2. The minimum absolute atomic E-state index is 0.0669. The number of urea groups is 1. The minimum atomic E-state index is -1.46. The number of nitrogens with two attached hydrogens (primary N) is 1. The first-order chi connectivity index (χ1) is 13.0. The van der Waals surface area contributed by atoms with Crippen molar-refractivity contribution in [2.24, 2.45) is 11.7 Å². The van der Waals surface area contributed by atoms with Crippen molar-refractivity contribution in [2.75, 3.05) is 13.3 Å². The van der Waals surface area contributed by atoms with Crippen LogP contribution < -0.4 is 27.0 Å². The fourth-order valence-electron chi connectivity index (χ4n) is 4.38. The van der Waals surface area contributed by atoms with E-state index in [4.69, 9.17) is 15.2 Å². The van der Waals surface area contributed by atoms with E-state index in [2.05, 4.69) is 21.3 Å². The lowest BCUT2D eigenvalue weighted by atomic mass is 9.92. The summed E-state index contributed by atoms with van der Waals surface area (Å²) in [5.41, 5.74) is 5.45. The lowest BCUT2D eigenvalue weighted by Crippen LogP contribution is -2.71. The zero-order chi connectivity index (χ0) is 19.1. The van der Waals surface area contributed by atoms with Crippen molar-refractivity contribution in [1.29, 1.82) is 0 Å². The monoisotopic (exact) mass is 386 g/mol. The molecule has 0 aromatic carbocycles. The van der Waals surface area contributed by atoms with Crippen LogP contribution in [-0.4, -0.2) is 73.2 Å². The van der Waals surface area contributed by atoms with Crippen molar-refractivity contribution in [3.63, 3.8) is 0 Å². The number of rotatable bonds is 1. The molecule has 4 heterocycles. The molecule has 7 unspecified atom stereocenters. The molecule has 10 nitrogen and oxygen atoms in total. The van der Waals surface area contributed by atoms with Gasteiger partial charge in [-0.3, -0.25) is 25.6 Å². The second-order valence-corrected chi connectivity index (χ2v) is 7.58. The number of carbonyl (C=O) groups excluding carboxylic acids is 2. The molecule has 0 aromatic heterocycles. The lowest BCUT2D eigenvalue weighted by Gasteiger charge is -2.46. The third kappa shape index (κ3) is 3.49. The number of nitrogens with one attached hydrogen (secondary N) is 4. The molecule has 0 aliphatic carbocycles. The average molecular weight is 386 g/mol. The van der Waals surface area contributed by atoms with Crippen molar-refractivity contribution in [1.82, 2.24) is 26.2 Å². The summed E-state index contributed by atoms with van der Waals surface area (Å²) in [6.45, 7) is 2.82. The van der Waals surface area contributed by atoms with Crippen LogP contribution in [0, 0.1) is 5.92 Å². The fraction of sp³-hybridized carbons (Fsp3) is 0.875. The van der Waals surface area contributed by atoms with E-state index in [0.29, 0.717) is 13.3 Å². The van der Waals surface area contributed by atoms with Crippen LogP contribution in [0.25, 0.3) is 0 Å². The van der Waals surface area contributed by atoms with Gasteiger partial charge in [0.25, 0.3) is 0 Å². The molecule has 152 valence electrons. The molecule has 2 bridgehead atoms. The molecule has 0 spiro atoms. The zero-order valence-electron chi connectivity index (χ0n) is 15.2. The molecule has 0 aromatic rings. The highest BCUT2D eigenvalue weighted by Gasteiger charge is 2.54. The number of fused-ring (bicyclic) bond motifs is 3. The molecule has 4 rings (SSSR count). The van der Waals surface area contributed by atoms with Gasteiger partial charge < -0.3 is 20.5 Å². The summed E-state index contributed by atoms with van der Waals surface area (Å²) in [7, 11) is 0. The molecule has 4 fully saturated rings. The van der Waals surface area contributed by atoms with Gasteiger partial charge in [0.2, 0.25) is 5.91 Å². The quantitative estimate of drug-likeness (QED) is 0.370. The predicted molar refractivity (Wildman–Crippen MR) is 91.5 cm³/mol. The molecule has 11 heteroatoms. The summed E-state index contributed by atoms with van der Waals surface area (Å²) < 4.78 is 27.0. The average Bonchev–Trinajstić information content (AvgIpc) is 2.95. The van der Waals surface area contributed by atoms with Crippen molar-refractivity contribution >= 4 is 11.9 Å². The minimum Gasteiger partial charge on any atom is -0.369 e. The maximum absolute atomic E-state index is 15.0. The summed E-state index contributed by atoms with van der Waals surface area (Å²) in [4.78, 5) is 25.9. The normalized spacial score (nSPS) is 45.3. The summed E-state index contributed by atoms with van der Waals surface area (Å²) in [6, 6.07) is -0.842. The van der Waals surface area contributed by atoms with Crippen LogP contribution in [0.1, 0.15) is 26.2 Å². The van der Waals surface area contributed by atoms with Crippen LogP contribution in [0.4, 0.5) is 9.18 Å². The van der Waals surface area contributed by atoms with Crippen molar-refractivity contribution in [3.05, 3.63) is 0 Å². The number of carbonyl (C=O) groups is 2. The number of nitrogens with zero attached hydrogens (tertiary/aromatic N) is 1. The third-order valence-corrected chi connectivity index (χ3v) is 5.73. The third-order valence-electron chi connectivity index (χ3n) is 5.73. The number of piperidine rings is 1. The number of amides is 3. The van der Waals surface area contributed by atoms with Gasteiger partial charge in [-0.25, -0.2) is 9.18 Å². The van der Waals surface area contributed by atoms with Crippen LogP contribution in [0.5, 0.6) is 0 Å². The van der Waals surface area contributed by atoms with Gasteiger partial charge in [0.1, 0.15) is 37.0 Å². The van der Waals surface area contributed by atoms with Crippen LogP contribution in [0.2, 0.25) is 0 Å². The van der Waals surface area contributed by atoms with Crippen LogP contribution >= 0.6 is 0 Å². The molecule has 4 saturated heterocycles. The predicted octanol–water partition coefficient (Wildman–Crippen LogP) is -1.52. The lowest BCUT2D eigenvalue weighted by molar-refractivity contribution is -0.145. The highest BCUT2D eigenvalue weighted by atomic mass is 19.1. The second-order valence-electron chi connectivity index (χ2n) is 7.58. The van der Waals surface area contributed by atoms with Crippen LogP contribution in [-0.2, 0) is 14.3 Å². The largest absolute Gasteiger partial charge is 0.369 e. The summed E-state index contributed by atoms with van der Waals surface area (Å²) in [6.07, 6.45) is -2.61. The topological polar surface area (TPSA) is 130 Å². The maximum Gasteiger partial charge on any atom is 0.320 e. The molecule has 27 heavy (non-hydrogen) atoms. The van der Waals surface area contributed by atoms with E-state index >= 15 is 4.39 Å². The van der Waals surface area contributed by atoms with Crippen molar-refractivity contribution in [2.45, 2.75) is 69.3 Å². The first kappa shape index (κ1) is 18.8. The standard InChI is InChI=1S/C16H27FN6O4/c1-7-3-2-4-26-14-8(11(18)24)5-9(17)13(22-14)23-10-12(21-16(23)25)19-6-20-15(10)27-7/h7-10,12-15,19-20,22H,2-6H2,1H3,(H2,18,24)(H,21,25)/t7-,8?,9?,10?,12?,13?,14?,15?/m1/s1. The summed E-state index contributed by atoms with van der Waals surface area (Å²) in [5.74, 6) is -1.40. The first-order valence-electron chi connectivity index (χ1n) is 9.48. The molecule has 3 amide bonds. The summed E-state index contributed by atoms with van der Waals surface area (Å²) >= 11 is 0. The van der Waals surface area contributed by atoms with Crippen molar-refractivity contribution in [3.8, 4) is 0 Å². The Morgan fingerprint density at radius 3 is 2.93 bits per heavy atom. The zero-order valence-corrected chi connectivity index (χ0v) is 15.2. The Hall–Kier alpha value is -1.53. The SMILES string of the molecule is C[C@@H]1CCCOC2NC(C(F)CC2C(N)=O)N2C(=O)NC3NCNC(O1)C32. The van der Waals surface area contributed by atoms with Crippen LogP contribution in [0.3, 0.4) is 0 Å². The van der Waals surface area contributed by atoms with E-state index in [1.807, 2.05) is 6.92 Å². The molecular formula is C16H27FN6O4. The molecule has 4 aliphatic heterocycles. The second kappa shape index (κ2) is 7.47. The molecule has 0 saturated carbocycles. The van der Waals surface area contributed by atoms with Crippen LogP contribution in [0.15, 0.2) is 0 Å². The van der Waals surface area contributed by atoms with Gasteiger partial charge in [0.15, 0.2) is 0 Å². The van der Waals surface area contributed by atoms with E-state index in [-0.39, 0.29) is 18.7 Å². The molecular weight excluding hydrogens is 359 g/mol. The number of ether oxygens (including phenoxy) is 2. The number of alkyl halides is 1. The Labute approximate surface area is 156 Å². The smallest absolute Gasteiger partial charge is 0.320 e. The number of halogens is 1. The van der Waals surface area contributed by atoms with Gasteiger partial charge in [-0.05, 0) is 26.2 Å². The van der Waals surface area contributed by atoms with E-state index in [0.717, 1.165) is 12.8 Å². The molecule has 8 atom stereocenters. The van der Waals surface area contributed by atoms with Crippen molar-refractivity contribution < 1.29 is 23.5 Å². The van der Waals surface area contributed by atoms with Gasteiger partial charge in [-0.1, -0.05) is 0 Å². The highest BCUT2D eigenvalue weighted by molar-refractivity contribution is 5.79. The maximum atomic E-state index is 15.0. The molecule has 4 aliphatic rings. The van der Waals surface area contributed by atoms with Gasteiger partial charge in [-0.2, -0.15) is 0 Å². The highest BCUT2D eigenvalue weighted by Crippen LogP contribution is 2.31. The molecule has 6 N–H and O–H groups in total. The van der Waals surface area contributed by atoms with Gasteiger partial charge >= 0.3 is 6.03 Å². The van der Waals surface area contributed by atoms with Gasteiger partial charge in [0.05, 0.1) is 12.0 Å². The van der Waals surface area contributed by atoms with Gasteiger partial charge in [-0.15, -0.1) is 0 Å². The van der Waals surface area contributed by atoms with Gasteiger partial charge in [0, 0.05) is 13.3 Å². The van der Waals surface area contributed by atoms with E-state index in [1.165, 1.54) is 4.90 Å². The number of hydrogen-bond donors (Lipinski definition) is 5. The fourth-order valence-corrected chi connectivity index (χ4v) is 4.38. The first-order valence-corrected chi connectivity index (χ1v) is 9.48. The Kier molecular flexibility index (Phi) is 5.21. The molecule has 0 radical (unpaired) electrons. The Balaban J connectivity index is 1.66. The number of hydrogen-bond acceptors (Lipinski definition) is 7. The van der Waals surface area contributed by atoms with E-state index in [9.17, 15) is 9.59 Å². The Morgan fingerprint density at radius 1 is 1.33 bits per heavy atom.